The molecule has 7 aromatic carbocycles. The summed E-state index contributed by atoms with van der Waals surface area (Å²) in [5.74, 6) is 0. The largest absolute Gasteiger partial charge is 0.310 e. The van der Waals surface area contributed by atoms with Gasteiger partial charge >= 0.3 is 0 Å². The number of nitriles is 2. The van der Waals surface area contributed by atoms with Crippen LogP contribution in [0.1, 0.15) is 11.1 Å². The van der Waals surface area contributed by atoms with Gasteiger partial charge in [0.25, 0.3) is 0 Å². The molecule has 0 N–H and O–H groups in total. The summed E-state index contributed by atoms with van der Waals surface area (Å²) < 4.78 is 4.45. The van der Waals surface area contributed by atoms with E-state index < -0.39 is 0 Å². The highest BCUT2D eigenvalue weighted by molar-refractivity contribution is 6.11. The van der Waals surface area contributed by atoms with Gasteiger partial charge in [0, 0.05) is 38.5 Å². The molecule has 0 unspecified atom stereocenters. The van der Waals surface area contributed by atoms with Gasteiger partial charge in [0.2, 0.25) is 0 Å². The first-order valence-electron chi connectivity index (χ1n) is 16.2. The fourth-order valence-corrected chi connectivity index (χ4v) is 7.33. The number of benzene rings is 7. The Labute approximate surface area is 288 Å². The molecule has 0 saturated heterocycles. The highest BCUT2D eigenvalue weighted by Gasteiger charge is 2.18. The minimum absolute atomic E-state index is 0.554. The number of hydrogen-bond acceptors (Lipinski definition) is 2. The van der Waals surface area contributed by atoms with Crippen molar-refractivity contribution >= 4 is 49.3 Å². The molecule has 5 heteroatoms. The maximum Gasteiger partial charge on any atom is 0.189 e. The van der Waals surface area contributed by atoms with E-state index in [1.807, 2.05) is 78.9 Å². The van der Waals surface area contributed by atoms with Gasteiger partial charge in [0.15, 0.2) is 5.69 Å². The maximum absolute atomic E-state index is 9.69. The van der Waals surface area contributed by atoms with Gasteiger partial charge in [-0.15, -0.1) is 0 Å². The summed E-state index contributed by atoms with van der Waals surface area (Å²) in [6.07, 6.45) is 0. The number of para-hydroxylation sites is 2. The van der Waals surface area contributed by atoms with Crippen molar-refractivity contribution in [3.8, 4) is 45.8 Å². The van der Waals surface area contributed by atoms with E-state index in [2.05, 4.69) is 98.9 Å². The van der Waals surface area contributed by atoms with Gasteiger partial charge in [0.05, 0.1) is 51.9 Å². The summed E-state index contributed by atoms with van der Waals surface area (Å²) in [6, 6.07) is 55.7. The number of nitrogens with zero attached hydrogens (tertiary/aromatic N) is 5. The number of hydrogen-bond donors (Lipinski definition) is 0. The molecule has 0 amide bonds. The quantitative estimate of drug-likeness (QED) is 0.181. The Bertz CT molecular complexity index is 2970. The zero-order valence-electron chi connectivity index (χ0n) is 26.7. The van der Waals surface area contributed by atoms with Crippen LogP contribution in [0.25, 0.3) is 82.1 Å². The standard InChI is InChI=1S/C45H25N5/c1-48-34-18-20-36(45(26-34)50-42-15-5-3-13-38(42)40-22-29(27-46)17-21-43(40)50)33-10-6-8-31(24-33)32-9-7-11-35(25-32)49-41-14-4-2-12-37(41)39-19-16-30(28-47)23-44(39)49/h2-26H. The zero-order valence-corrected chi connectivity index (χ0v) is 26.7. The van der Waals surface area contributed by atoms with Gasteiger partial charge in [-0.25, -0.2) is 4.85 Å². The lowest BCUT2D eigenvalue weighted by Crippen LogP contribution is -1.97. The second kappa shape index (κ2) is 11.4. The van der Waals surface area contributed by atoms with Crippen molar-refractivity contribution in [2.24, 2.45) is 0 Å². The van der Waals surface area contributed by atoms with Gasteiger partial charge < -0.3 is 9.13 Å². The van der Waals surface area contributed by atoms with Gasteiger partial charge in [0.1, 0.15) is 0 Å². The Balaban J connectivity index is 1.22. The van der Waals surface area contributed by atoms with Crippen LogP contribution in [0.2, 0.25) is 0 Å². The summed E-state index contributed by atoms with van der Waals surface area (Å²) in [4.78, 5) is 3.79. The number of aromatic nitrogens is 2. The van der Waals surface area contributed by atoms with E-state index in [4.69, 9.17) is 6.57 Å². The van der Waals surface area contributed by atoms with Crippen molar-refractivity contribution in [1.29, 1.82) is 10.5 Å². The zero-order chi connectivity index (χ0) is 33.8. The minimum Gasteiger partial charge on any atom is -0.310 e. The average Bonchev–Trinajstić information content (AvgIpc) is 3.69. The summed E-state index contributed by atoms with van der Waals surface area (Å²) in [5, 5.41) is 23.6. The monoisotopic (exact) mass is 635 g/mol. The average molecular weight is 636 g/mol. The molecular weight excluding hydrogens is 611 g/mol. The highest BCUT2D eigenvalue weighted by atomic mass is 15.0. The van der Waals surface area contributed by atoms with Gasteiger partial charge in [-0.1, -0.05) is 84.9 Å². The van der Waals surface area contributed by atoms with E-state index in [9.17, 15) is 10.5 Å². The molecule has 0 atom stereocenters. The lowest BCUT2D eigenvalue weighted by atomic mass is 9.97. The van der Waals surface area contributed by atoms with E-state index in [0.717, 1.165) is 77.2 Å². The third-order valence-corrected chi connectivity index (χ3v) is 9.57. The number of fused-ring (bicyclic) bond motifs is 6. The van der Waals surface area contributed by atoms with Crippen LogP contribution in [0, 0.1) is 29.2 Å². The van der Waals surface area contributed by atoms with E-state index in [-0.39, 0.29) is 0 Å². The molecule has 230 valence electrons. The second-order valence-electron chi connectivity index (χ2n) is 12.3. The third kappa shape index (κ3) is 4.45. The first-order chi connectivity index (χ1) is 24.6. The SMILES string of the molecule is [C-]#[N+]c1ccc(-c2cccc(-c3cccc(-n4c5ccccc5c5ccc(C#N)cc54)c3)c2)c(-n2c3ccccc3c3cc(C#N)ccc32)c1. The van der Waals surface area contributed by atoms with Crippen molar-refractivity contribution in [3.05, 3.63) is 174 Å². The Morgan fingerprint density at radius 3 is 1.86 bits per heavy atom. The molecule has 0 aliphatic carbocycles. The topological polar surface area (TPSA) is 61.8 Å². The van der Waals surface area contributed by atoms with Crippen molar-refractivity contribution in [1.82, 2.24) is 9.13 Å². The molecule has 9 aromatic rings. The first kappa shape index (κ1) is 28.8. The first-order valence-corrected chi connectivity index (χ1v) is 16.2. The Kier molecular flexibility index (Phi) is 6.56. The van der Waals surface area contributed by atoms with Crippen molar-refractivity contribution < 1.29 is 0 Å². The Morgan fingerprint density at radius 2 is 1.08 bits per heavy atom. The van der Waals surface area contributed by atoms with E-state index in [0.29, 0.717) is 16.8 Å². The lowest BCUT2D eigenvalue weighted by Gasteiger charge is -2.16. The normalized spacial score (nSPS) is 11.1. The highest BCUT2D eigenvalue weighted by Crippen LogP contribution is 2.40. The molecule has 0 aliphatic heterocycles. The molecule has 2 heterocycles. The predicted molar refractivity (Wildman–Crippen MR) is 202 cm³/mol. The Hall–Kier alpha value is -7.39. The van der Waals surface area contributed by atoms with E-state index in [1.165, 1.54) is 0 Å². The fourth-order valence-electron chi connectivity index (χ4n) is 7.33. The van der Waals surface area contributed by atoms with Crippen LogP contribution in [-0.4, -0.2) is 9.13 Å². The molecule has 0 radical (unpaired) electrons. The summed E-state index contributed by atoms with van der Waals surface area (Å²) in [5.41, 5.74) is 11.9. The molecule has 9 rings (SSSR count). The maximum atomic E-state index is 9.69. The van der Waals surface area contributed by atoms with Crippen LogP contribution in [0.15, 0.2) is 152 Å². The fraction of sp³-hybridized carbons (Fsp3) is 0. The van der Waals surface area contributed by atoms with Crippen molar-refractivity contribution in [2.45, 2.75) is 0 Å². The van der Waals surface area contributed by atoms with Gasteiger partial charge in [-0.05, 0) is 83.4 Å². The molecule has 5 nitrogen and oxygen atoms in total. The van der Waals surface area contributed by atoms with Crippen LogP contribution in [-0.2, 0) is 0 Å². The van der Waals surface area contributed by atoms with Crippen LogP contribution >= 0.6 is 0 Å². The Morgan fingerprint density at radius 1 is 0.460 bits per heavy atom. The summed E-state index contributed by atoms with van der Waals surface area (Å²) in [6.45, 7) is 7.83. The van der Waals surface area contributed by atoms with Gasteiger partial charge in [-0.3, -0.25) is 0 Å². The van der Waals surface area contributed by atoms with Crippen LogP contribution in [0.5, 0.6) is 0 Å². The van der Waals surface area contributed by atoms with Crippen LogP contribution < -0.4 is 0 Å². The summed E-state index contributed by atoms with van der Waals surface area (Å²) in [7, 11) is 0. The van der Waals surface area contributed by atoms with E-state index in [1.54, 1.807) is 0 Å². The smallest absolute Gasteiger partial charge is 0.189 e. The molecular formula is C45H25N5. The van der Waals surface area contributed by atoms with Crippen molar-refractivity contribution in [2.75, 3.05) is 0 Å². The molecule has 0 fully saturated rings. The molecule has 0 aliphatic rings. The second-order valence-corrected chi connectivity index (χ2v) is 12.3. The lowest BCUT2D eigenvalue weighted by molar-refractivity contribution is 1.18. The minimum atomic E-state index is 0.554. The molecule has 50 heavy (non-hydrogen) atoms. The third-order valence-electron chi connectivity index (χ3n) is 9.57. The molecule has 0 bridgehead atoms. The molecule has 2 aromatic heterocycles. The van der Waals surface area contributed by atoms with Crippen LogP contribution in [0.4, 0.5) is 5.69 Å². The van der Waals surface area contributed by atoms with Crippen LogP contribution in [0.3, 0.4) is 0 Å². The van der Waals surface area contributed by atoms with Crippen molar-refractivity contribution in [3.63, 3.8) is 0 Å². The molecule has 0 spiro atoms. The molecule has 0 saturated carbocycles. The van der Waals surface area contributed by atoms with Gasteiger partial charge in [-0.2, -0.15) is 10.5 Å². The predicted octanol–water partition coefficient (Wildman–Crippen LogP) is 11.5. The number of rotatable bonds is 4. The van der Waals surface area contributed by atoms with E-state index >= 15 is 0 Å². The summed E-state index contributed by atoms with van der Waals surface area (Å²) >= 11 is 0.